The van der Waals surface area contributed by atoms with Gasteiger partial charge in [0, 0.05) is 6.54 Å². The van der Waals surface area contributed by atoms with Gasteiger partial charge in [-0.1, -0.05) is 6.08 Å². The van der Waals surface area contributed by atoms with E-state index in [2.05, 4.69) is 6.58 Å². The van der Waals surface area contributed by atoms with E-state index >= 15 is 0 Å². The second-order valence-corrected chi connectivity index (χ2v) is 3.42. The van der Waals surface area contributed by atoms with Crippen molar-refractivity contribution in [3.8, 4) is 0 Å². The van der Waals surface area contributed by atoms with E-state index in [9.17, 15) is 4.79 Å². The van der Waals surface area contributed by atoms with Crippen LogP contribution in [-0.4, -0.2) is 34.6 Å². The third-order valence-electron chi connectivity index (χ3n) is 2.60. The molecule has 1 unspecified atom stereocenters. The highest BCUT2D eigenvalue weighted by Gasteiger charge is 2.42. The fourth-order valence-electron chi connectivity index (χ4n) is 1.71. The number of carbonyl (C=O) groups is 1. The third kappa shape index (κ3) is 1.37. The number of hydrogen-bond donors (Lipinski definition) is 1. The normalized spacial score (nSPS) is 30.4. The summed E-state index contributed by atoms with van der Waals surface area (Å²) < 4.78 is 0. The van der Waals surface area contributed by atoms with Gasteiger partial charge in [-0.15, -0.1) is 6.58 Å². The standard InChI is InChI=1S/C9H15NO2/c1-3-6-10-7-4-5-9(10,2)8(11)12/h3H,1,4-7H2,2H3,(H,11,12). The maximum atomic E-state index is 10.9. The highest BCUT2D eigenvalue weighted by molar-refractivity contribution is 5.78. The molecule has 1 rings (SSSR count). The van der Waals surface area contributed by atoms with Gasteiger partial charge in [0.1, 0.15) is 5.54 Å². The van der Waals surface area contributed by atoms with E-state index in [1.807, 2.05) is 4.90 Å². The Labute approximate surface area is 72.7 Å². The third-order valence-corrected chi connectivity index (χ3v) is 2.60. The van der Waals surface area contributed by atoms with E-state index < -0.39 is 11.5 Å². The Morgan fingerprint density at radius 2 is 2.50 bits per heavy atom. The predicted octanol–water partition coefficient (Wildman–Crippen LogP) is 1.11. The number of rotatable bonds is 3. The number of likely N-dealkylation sites (tertiary alicyclic amines) is 1. The van der Waals surface area contributed by atoms with Crippen LogP contribution in [0, 0.1) is 0 Å². The molecule has 68 valence electrons. The number of aliphatic carboxylic acids is 1. The Morgan fingerprint density at radius 3 is 3.00 bits per heavy atom. The fraction of sp³-hybridized carbons (Fsp3) is 0.667. The number of carboxylic acid groups (broad SMARTS) is 1. The summed E-state index contributed by atoms with van der Waals surface area (Å²) in [6.45, 7) is 6.94. The Bertz CT molecular complexity index is 203. The highest BCUT2D eigenvalue weighted by atomic mass is 16.4. The maximum absolute atomic E-state index is 10.9. The Hall–Kier alpha value is -0.830. The lowest BCUT2D eigenvalue weighted by Gasteiger charge is -2.29. The topological polar surface area (TPSA) is 40.5 Å². The van der Waals surface area contributed by atoms with E-state index in [4.69, 9.17) is 5.11 Å². The van der Waals surface area contributed by atoms with Crippen LogP contribution in [0.25, 0.3) is 0 Å². The molecule has 0 radical (unpaired) electrons. The molecule has 1 heterocycles. The molecule has 1 aliphatic rings. The minimum atomic E-state index is -0.721. The molecular weight excluding hydrogens is 154 g/mol. The molecule has 1 atom stereocenters. The van der Waals surface area contributed by atoms with Gasteiger partial charge in [0.15, 0.2) is 0 Å². The summed E-state index contributed by atoms with van der Waals surface area (Å²) in [7, 11) is 0. The van der Waals surface area contributed by atoms with Crippen LogP contribution in [0.3, 0.4) is 0 Å². The number of nitrogens with zero attached hydrogens (tertiary/aromatic N) is 1. The van der Waals surface area contributed by atoms with Crippen molar-refractivity contribution in [2.24, 2.45) is 0 Å². The summed E-state index contributed by atoms with van der Waals surface area (Å²) in [5.74, 6) is -0.721. The van der Waals surface area contributed by atoms with Crippen LogP contribution >= 0.6 is 0 Å². The Kier molecular flexibility index (Phi) is 2.52. The molecule has 0 aromatic rings. The van der Waals surface area contributed by atoms with E-state index in [-0.39, 0.29) is 0 Å². The van der Waals surface area contributed by atoms with Crippen molar-refractivity contribution in [2.75, 3.05) is 13.1 Å². The van der Waals surface area contributed by atoms with Crippen molar-refractivity contribution >= 4 is 5.97 Å². The smallest absolute Gasteiger partial charge is 0.323 e. The average molecular weight is 169 g/mol. The van der Waals surface area contributed by atoms with Gasteiger partial charge in [-0.2, -0.15) is 0 Å². The molecule has 0 aliphatic carbocycles. The molecule has 12 heavy (non-hydrogen) atoms. The summed E-state index contributed by atoms with van der Waals surface area (Å²) in [4.78, 5) is 12.9. The minimum Gasteiger partial charge on any atom is -0.480 e. The molecule has 1 aliphatic heterocycles. The van der Waals surface area contributed by atoms with Gasteiger partial charge < -0.3 is 5.11 Å². The lowest BCUT2D eigenvalue weighted by atomic mass is 9.99. The van der Waals surface area contributed by atoms with Crippen LogP contribution in [0.4, 0.5) is 0 Å². The molecule has 0 bridgehead atoms. The molecule has 0 aromatic carbocycles. The minimum absolute atomic E-state index is 0.659. The first-order valence-electron chi connectivity index (χ1n) is 4.20. The molecule has 1 N–H and O–H groups in total. The van der Waals surface area contributed by atoms with Crippen molar-refractivity contribution in [3.05, 3.63) is 12.7 Å². The molecule has 0 saturated carbocycles. The summed E-state index contributed by atoms with van der Waals surface area (Å²) in [6.07, 6.45) is 3.47. The van der Waals surface area contributed by atoms with Crippen LogP contribution in [0.2, 0.25) is 0 Å². The van der Waals surface area contributed by atoms with E-state index in [1.54, 1.807) is 13.0 Å². The monoisotopic (exact) mass is 169 g/mol. The van der Waals surface area contributed by atoms with Crippen LogP contribution in [-0.2, 0) is 4.79 Å². The quantitative estimate of drug-likeness (QED) is 0.643. The fourth-order valence-corrected chi connectivity index (χ4v) is 1.71. The Balaban J connectivity index is 2.73. The van der Waals surface area contributed by atoms with Crippen molar-refractivity contribution in [1.82, 2.24) is 4.90 Å². The molecule has 1 fully saturated rings. The highest BCUT2D eigenvalue weighted by Crippen LogP contribution is 2.28. The van der Waals surface area contributed by atoms with E-state index in [1.165, 1.54) is 0 Å². The predicted molar refractivity (Wildman–Crippen MR) is 47.0 cm³/mol. The molecular formula is C9H15NO2. The number of hydrogen-bond acceptors (Lipinski definition) is 2. The van der Waals surface area contributed by atoms with Gasteiger partial charge in [-0.3, -0.25) is 9.69 Å². The van der Waals surface area contributed by atoms with Crippen molar-refractivity contribution in [1.29, 1.82) is 0 Å². The maximum Gasteiger partial charge on any atom is 0.323 e. The molecule has 3 nitrogen and oxygen atoms in total. The van der Waals surface area contributed by atoms with Crippen LogP contribution in [0.5, 0.6) is 0 Å². The number of carboxylic acids is 1. The largest absolute Gasteiger partial charge is 0.480 e. The van der Waals surface area contributed by atoms with E-state index in [0.29, 0.717) is 6.54 Å². The summed E-state index contributed by atoms with van der Waals surface area (Å²) in [5.41, 5.74) is -0.659. The molecule has 0 spiro atoms. The lowest BCUT2D eigenvalue weighted by molar-refractivity contribution is -0.148. The van der Waals surface area contributed by atoms with Gasteiger partial charge in [-0.25, -0.2) is 0 Å². The Morgan fingerprint density at radius 1 is 1.83 bits per heavy atom. The van der Waals surface area contributed by atoms with E-state index in [0.717, 1.165) is 19.4 Å². The van der Waals surface area contributed by atoms with Gasteiger partial charge in [0.25, 0.3) is 0 Å². The zero-order valence-electron chi connectivity index (χ0n) is 7.42. The summed E-state index contributed by atoms with van der Waals surface area (Å²) >= 11 is 0. The van der Waals surface area contributed by atoms with Gasteiger partial charge >= 0.3 is 5.97 Å². The summed E-state index contributed by atoms with van der Waals surface area (Å²) in [6, 6.07) is 0. The zero-order chi connectivity index (χ0) is 9.19. The molecule has 0 amide bonds. The summed E-state index contributed by atoms with van der Waals surface area (Å²) in [5, 5.41) is 8.99. The van der Waals surface area contributed by atoms with Crippen molar-refractivity contribution in [2.45, 2.75) is 25.3 Å². The van der Waals surface area contributed by atoms with Crippen molar-refractivity contribution < 1.29 is 9.90 Å². The van der Waals surface area contributed by atoms with Crippen LogP contribution < -0.4 is 0 Å². The molecule has 3 heteroatoms. The first-order chi connectivity index (χ1) is 5.61. The van der Waals surface area contributed by atoms with Crippen LogP contribution in [0.15, 0.2) is 12.7 Å². The average Bonchev–Trinajstić information content (AvgIpc) is 2.35. The second-order valence-electron chi connectivity index (χ2n) is 3.42. The molecule has 0 aromatic heterocycles. The molecule has 1 saturated heterocycles. The second kappa shape index (κ2) is 3.27. The van der Waals surface area contributed by atoms with Crippen molar-refractivity contribution in [3.63, 3.8) is 0 Å². The van der Waals surface area contributed by atoms with Gasteiger partial charge in [0.2, 0.25) is 0 Å². The SMILES string of the molecule is C=CCN1CCCC1(C)C(=O)O. The van der Waals surface area contributed by atoms with Gasteiger partial charge in [-0.05, 0) is 26.3 Å². The first-order valence-corrected chi connectivity index (χ1v) is 4.20. The van der Waals surface area contributed by atoms with Crippen LogP contribution in [0.1, 0.15) is 19.8 Å². The lowest BCUT2D eigenvalue weighted by Crippen LogP contribution is -2.47. The zero-order valence-corrected chi connectivity index (χ0v) is 7.42. The van der Waals surface area contributed by atoms with Gasteiger partial charge in [0.05, 0.1) is 0 Å². The first kappa shape index (κ1) is 9.26.